The predicted molar refractivity (Wildman–Crippen MR) is 92.6 cm³/mol. The molecule has 24 heavy (non-hydrogen) atoms. The maximum Gasteiger partial charge on any atom is 0.257 e. The van der Waals surface area contributed by atoms with E-state index in [4.69, 9.17) is 0 Å². The number of carbonyl (C=O) groups is 1. The molecule has 1 amide bonds. The third kappa shape index (κ3) is 4.03. The summed E-state index contributed by atoms with van der Waals surface area (Å²) in [6.07, 6.45) is 0. The number of hydrogen-bond acceptors (Lipinski definition) is 7. The van der Waals surface area contributed by atoms with Gasteiger partial charge in [0.25, 0.3) is 5.91 Å². The van der Waals surface area contributed by atoms with Crippen LogP contribution >= 0.6 is 22.7 Å². The van der Waals surface area contributed by atoms with E-state index in [2.05, 4.69) is 20.2 Å². The fraction of sp³-hybridized carbons (Fsp3) is 0.0714. The zero-order valence-corrected chi connectivity index (χ0v) is 14.6. The van der Waals surface area contributed by atoms with Gasteiger partial charge in [-0.25, -0.2) is 13.1 Å². The normalized spacial score (nSPS) is 11.3. The summed E-state index contributed by atoms with van der Waals surface area (Å²) in [5, 5.41) is 12.1. The number of benzene rings is 1. The summed E-state index contributed by atoms with van der Waals surface area (Å²) in [5.74, 6) is -0.443. The van der Waals surface area contributed by atoms with E-state index in [-0.39, 0.29) is 17.0 Å². The summed E-state index contributed by atoms with van der Waals surface area (Å²) in [6.45, 7) is 0.210. The average molecular weight is 380 g/mol. The van der Waals surface area contributed by atoms with E-state index in [1.165, 1.54) is 52.4 Å². The summed E-state index contributed by atoms with van der Waals surface area (Å²) in [4.78, 5) is 13.1. The van der Waals surface area contributed by atoms with Crippen molar-refractivity contribution in [1.29, 1.82) is 0 Å². The van der Waals surface area contributed by atoms with Gasteiger partial charge in [-0.2, -0.15) is 0 Å². The molecule has 0 radical (unpaired) electrons. The van der Waals surface area contributed by atoms with Gasteiger partial charge in [-0.3, -0.25) is 10.1 Å². The zero-order chi connectivity index (χ0) is 17.0. The Hall–Kier alpha value is -2.14. The molecule has 2 N–H and O–H groups in total. The molecule has 7 nitrogen and oxygen atoms in total. The molecule has 0 saturated heterocycles. The molecule has 0 aliphatic rings. The Morgan fingerprint density at radius 2 is 2.04 bits per heavy atom. The standard InChI is InChI=1S/C14H12N4O3S3/c19-13(17-14-18-15-9-23-14)10-3-1-5-12(7-10)24(20,21)16-8-11-4-2-6-22-11/h1-7,9,16H,8H2,(H,17,18,19). The van der Waals surface area contributed by atoms with Crippen LogP contribution in [0.3, 0.4) is 0 Å². The lowest BCUT2D eigenvalue weighted by molar-refractivity contribution is 0.102. The maximum absolute atomic E-state index is 12.4. The molecule has 124 valence electrons. The van der Waals surface area contributed by atoms with Crippen LogP contribution in [0.2, 0.25) is 0 Å². The van der Waals surface area contributed by atoms with Crippen LogP contribution in [0.5, 0.6) is 0 Å². The summed E-state index contributed by atoms with van der Waals surface area (Å²) in [5.41, 5.74) is 1.72. The van der Waals surface area contributed by atoms with Gasteiger partial charge in [-0.15, -0.1) is 21.5 Å². The van der Waals surface area contributed by atoms with Crippen LogP contribution in [0.4, 0.5) is 5.13 Å². The summed E-state index contributed by atoms with van der Waals surface area (Å²) in [6, 6.07) is 9.53. The number of carbonyl (C=O) groups excluding carboxylic acids is 1. The quantitative estimate of drug-likeness (QED) is 0.683. The zero-order valence-electron chi connectivity index (χ0n) is 12.2. The molecule has 1 aromatic carbocycles. The molecule has 2 aromatic heterocycles. The number of sulfonamides is 1. The first-order chi connectivity index (χ1) is 11.5. The topological polar surface area (TPSA) is 101 Å². The molecule has 0 aliphatic carbocycles. The van der Waals surface area contributed by atoms with Crippen molar-refractivity contribution in [1.82, 2.24) is 14.9 Å². The van der Waals surface area contributed by atoms with Gasteiger partial charge in [0.1, 0.15) is 5.51 Å². The summed E-state index contributed by atoms with van der Waals surface area (Å²) >= 11 is 2.64. The third-order valence-corrected chi connectivity index (χ3v) is 5.89. The second-order valence-corrected chi connectivity index (χ2v) is 8.26. The highest BCUT2D eigenvalue weighted by molar-refractivity contribution is 7.89. The van der Waals surface area contributed by atoms with Crippen molar-refractivity contribution in [2.45, 2.75) is 11.4 Å². The molecular weight excluding hydrogens is 368 g/mol. The highest BCUT2D eigenvalue weighted by Crippen LogP contribution is 2.16. The Bertz CT molecular complexity index is 922. The molecule has 0 spiro atoms. The highest BCUT2D eigenvalue weighted by atomic mass is 32.2. The lowest BCUT2D eigenvalue weighted by Gasteiger charge is -2.07. The second-order valence-electron chi connectivity index (χ2n) is 4.63. The van der Waals surface area contributed by atoms with Gasteiger partial charge in [0.15, 0.2) is 0 Å². The average Bonchev–Trinajstić information content (AvgIpc) is 3.27. The molecule has 3 rings (SSSR count). The largest absolute Gasteiger partial charge is 0.296 e. The lowest BCUT2D eigenvalue weighted by atomic mass is 10.2. The lowest BCUT2D eigenvalue weighted by Crippen LogP contribution is -2.23. The van der Waals surface area contributed by atoms with Crippen molar-refractivity contribution >= 4 is 43.7 Å². The molecule has 0 saturated carbocycles. The van der Waals surface area contributed by atoms with Crippen LogP contribution < -0.4 is 10.0 Å². The van der Waals surface area contributed by atoms with Gasteiger partial charge in [-0.1, -0.05) is 23.5 Å². The number of rotatable bonds is 6. The number of anilines is 1. The minimum Gasteiger partial charge on any atom is -0.296 e. The van der Waals surface area contributed by atoms with Gasteiger partial charge in [0, 0.05) is 17.0 Å². The first-order valence-electron chi connectivity index (χ1n) is 6.74. The van der Waals surface area contributed by atoms with Gasteiger partial charge < -0.3 is 0 Å². The predicted octanol–water partition coefficient (Wildman–Crippen LogP) is 2.33. The molecule has 10 heteroatoms. The molecule has 0 unspecified atom stereocenters. The van der Waals surface area contributed by atoms with Crippen LogP contribution in [0.25, 0.3) is 0 Å². The molecule has 3 aromatic rings. The first-order valence-corrected chi connectivity index (χ1v) is 9.98. The van der Waals surface area contributed by atoms with Crippen LogP contribution in [-0.4, -0.2) is 24.5 Å². The molecule has 0 fully saturated rings. The van der Waals surface area contributed by atoms with Crippen LogP contribution in [0.1, 0.15) is 15.2 Å². The number of thiophene rings is 1. The third-order valence-electron chi connectivity index (χ3n) is 3.00. The number of amides is 1. The van der Waals surface area contributed by atoms with Crippen LogP contribution in [-0.2, 0) is 16.6 Å². The Morgan fingerprint density at radius 3 is 2.75 bits per heavy atom. The smallest absolute Gasteiger partial charge is 0.257 e. The highest BCUT2D eigenvalue weighted by Gasteiger charge is 2.17. The molecule has 0 aliphatic heterocycles. The van der Waals surface area contributed by atoms with Crippen molar-refractivity contribution in [3.8, 4) is 0 Å². The van der Waals surface area contributed by atoms with Crippen molar-refractivity contribution in [2.75, 3.05) is 5.32 Å². The molecule has 2 heterocycles. The van der Waals surface area contributed by atoms with E-state index in [9.17, 15) is 13.2 Å². The monoisotopic (exact) mass is 380 g/mol. The van der Waals surface area contributed by atoms with E-state index in [1.54, 1.807) is 0 Å². The number of aromatic nitrogens is 2. The number of nitrogens with one attached hydrogen (secondary N) is 2. The van der Waals surface area contributed by atoms with Crippen molar-refractivity contribution in [3.05, 3.63) is 57.7 Å². The summed E-state index contributed by atoms with van der Waals surface area (Å²) < 4.78 is 27.2. The fourth-order valence-electron chi connectivity index (χ4n) is 1.86. The van der Waals surface area contributed by atoms with E-state index < -0.39 is 15.9 Å². The van der Waals surface area contributed by atoms with Gasteiger partial charge >= 0.3 is 0 Å². The van der Waals surface area contributed by atoms with Crippen molar-refractivity contribution in [2.24, 2.45) is 0 Å². The first kappa shape index (κ1) is 16.7. The maximum atomic E-state index is 12.4. The Balaban J connectivity index is 1.75. The van der Waals surface area contributed by atoms with Crippen LogP contribution in [0, 0.1) is 0 Å². The van der Waals surface area contributed by atoms with E-state index in [0.29, 0.717) is 5.13 Å². The van der Waals surface area contributed by atoms with Crippen LogP contribution in [0.15, 0.2) is 52.2 Å². The Labute approximate surface area is 146 Å². The number of nitrogens with zero attached hydrogens (tertiary/aromatic N) is 2. The SMILES string of the molecule is O=C(Nc1nncs1)c1cccc(S(=O)(=O)NCc2cccs2)c1. The Kier molecular flexibility index (Phi) is 5.00. The fourth-order valence-corrected chi connectivity index (χ4v) is 4.09. The number of hydrogen-bond donors (Lipinski definition) is 2. The van der Waals surface area contributed by atoms with E-state index >= 15 is 0 Å². The minimum absolute atomic E-state index is 0.0315. The van der Waals surface area contributed by atoms with Gasteiger partial charge in [0.2, 0.25) is 15.2 Å². The van der Waals surface area contributed by atoms with E-state index in [0.717, 1.165) is 4.88 Å². The molecule has 0 bridgehead atoms. The molecule has 0 atom stereocenters. The van der Waals surface area contributed by atoms with E-state index in [1.807, 2.05) is 17.5 Å². The summed E-state index contributed by atoms with van der Waals surface area (Å²) in [7, 11) is -3.70. The Morgan fingerprint density at radius 1 is 1.17 bits per heavy atom. The van der Waals surface area contributed by atoms with Gasteiger partial charge in [-0.05, 0) is 29.6 Å². The second kappa shape index (κ2) is 7.18. The van der Waals surface area contributed by atoms with Crippen molar-refractivity contribution < 1.29 is 13.2 Å². The molecular formula is C14H12N4O3S3. The van der Waals surface area contributed by atoms with Gasteiger partial charge in [0.05, 0.1) is 4.90 Å². The minimum atomic E-state index is -3.70. The van der Waals surface area contributed by atoms with Crippen molar-refractivity contribution in [3.63, 3.8) is 0 Å².